The number of carbonyl (C=O) groups is 3. The number of fused-ring (bicyclic) bond motifs is 1. The summed E-state index contributed by atoms with van der Waals surface area (Å²) in [7, 11) is 0. The Morgan fingerprint density at radius 1 is 0.927 bits per heavy atom. The fourth-order valence-corrected chi connectivity index (χ4v) is 8.40. The first-order valence-corrected chi connectivity index (χ1v) is 16.1. The van der Waals surface area contributed by atoms with Gasteiger partial charge in [0.2, 0.25) is 17.7 Å². The molecule has 6 rings (SSSR count). The molecule has 2 aliphatic carbocycles. The highest BCUT2D eigenvalue weighted by Gasteiger charge is 2.73. The van der Waals surface area contributed by atoms with Crippen LogP contribution < -0.4 is 10.6 Å². The van der Waals surface area contributed by atoms with E-state index < -0.39 is 29.6 Å². The molecule has 3 amide bonds. The molecule has 8 atom stereocenters. The van der Waals surface area contributed by atoms with Crippen LogP contribution in [-0.4, -0.2) is 52.5 Å². The zero-order chi connectivity index (χ0) is 28.9. The summed E-state index contributed by atoms with van der Waals surface area (Å²) in [6, 6.07) is 5.18. The van der Waals surface area contributed by atoms with Crippen LogP contribution in [0.2, 0.25) is 0 Å². The van der Waals surface area contributed by atoms with E-state index >= 15 is 0 Å². The quantitative estimate of drug-likeness (QED) is 0.468. The molecule has 1 aromatic carbocycles. The number of nitrogens with one attached hydrogen (secondary N) is 2. The van der Waals surface area contributed by atoms with Crippen molar-refractivity contribution >= 4 is 23.4 Å². The van der Waals surface area contributed by atoms with Gasteiger partial charge in [-0.25, -0.2) is 0 Å². The van der Waals surface area contributed by atoms with Crippen molar-refractivity contribution in [3.63, 3.8) is 0 Å². The predicted octanol–water partition coefficient (Wildman–Crippen LogP) is 5.45. The van der Waals surface area contributed by atoms with Gasteiger partial charge in [0.15, 0.2) is 0 Å². The van der Waals surface area contributed by atoms with Crippen LogP contribution >= 0.6 is 0 Å². The molecule has 2 saturated carbocycles. The molecule has 4 fully saturated rings. The fraction of sp³-hybridized carbons (Fsp3) is 0.676. The molecule has 0 radical (unpaired) electrons. The van der Waals surface area contributed by atoms with Crippen LogP contribution in [0, 0.1) is 37.5 Å². The second-order valence-corrected chi connectivity index (χ2v) is 13.6. The van der Waals surface area contributed by atoms with Gasteiger partial charge in [-0.3, -0.25) is 14.4 Å². The molecule has 2 N–H and O–H groups in total. The summed E-state index contributed by atoms with van der Waals surface area (Å²) in [5, 5.41) is 6.47. The lowest BCUT2D eigenvalue weighted by atomic mass is 9.73. The first-order chi connectivity index (χ1) is 19.7. The number of carbonyl (C=O) groups excluding carboxylic acids is 3. The van der Waals surface area contributed by atoms with Gasteiger partial charge in [-0.1, -0.05) is 77.0 Å². The third kappa shape index (κ3) is 4.92. The molecule has 41 heavy (non-hydrogen) atoms. The molecule has 0 unspecified atom stereocenters. The summed E-state index contributed by atoms with van der Waals surface area (Å²) in [5.74, 6) is -0.868. The van der Waals surface area contributed by atoms with Gasteiger partial charge in [-0.05, 0) is 68.2 Å². The second-order valence-electron chi connectivity index (χ2n) is 13.6. The summed E-state index contributed by atoms with van der Waals surface area (Å²) in [6.07, 6.45) is 14.0. The molecule has 7 heteroatoms. The van der Waals surface area contributed by atoms with Crippen LogP contribution in [0.15, 0.2) is 30.4 Å². The Morgan fingerprint density at radius 3 is 2.39 bits per heavy atom. The lowest BCUT2D eigenvalue weighted by Crippen LogP contribution is -2.59. The molecule has 3 aliphatic heterocycles. The van der Waals surface area contributed by atoms with Gasteiger partial charge < -0.3 is 20.3 Å². The molecule has 222 valence electrons. The predicted molar refractivity (Wildman–Crippen MR) is 159 cm³/mol. The number of benzene rings is 1. The minimum Gasteiger partial charge on any atom is -0.359 e. The van der Waals surface area contributed by atoms with E-state index in [1.54, 1.807) is 0 Å². The van der Waals surface area contributed by atoms with E-state index in [0.717, 1.165) is 68.2 Å². The van der Waals surface area contributed by atoms with Crippen molar-refractivity contribution in [3.8, 4) is 0 Å². The topological polar surface area (TPSA) is 87.7 Å². The van der Waals surface area contributed by atoms with Crippen molar-refractivity contribution in [2.45, 2.75) is 122 Å². The van der Waals surface area contributed by atoms with Crippen molar-refractivity contribution in [2.75, 3.05) is 5.32 Å². The third-order valence-electron chi connectivity index (χ3n) is 11.1. The molecular weight excluding hydrogens is 514 g/mol. The highest BCUT2D eigenvalue weighted by atomic mass is 16.5. The van der Waals surface area contributed by atoms with Crippen LogP contribution in [0.1, 0.15) is 89.2 Å². The first kappa shape index (κ1) is 28.4. The maximum atomic E-state index is 14.5. The third-order valence-corrected chi connectivity index (χ3v) is 11.1. The average Bonchev–Trinajstić information content (AvgIpc) is 3.56. The molecule has 2 bridgehead atoms. The normalized spacial score (nSPS) is 37.0. The second kappa shape index (κ2) is 11.2. The highest BCUT2D eigenvalue weighted by molar-refractivity contribution is 6.03. The highest BCUT2D eigenvalue weighted by Crippen LogP contribution is 2.56. The number of rotatable bonds is 5. The van der Waals surface area contributed by atoms with Gasteiger partial charge in [0, 0.05) is 17.8 Å². The number of amides is 3. The van der Waals surface area contributed by atoms with Crippen LogP contribution in [0.25, 0.3) is 0 Å². The van der Waals surface area contributed by atoms with E-state index in [2.05, 4.69) is 24.5 Å². The van der Waals surface area contributed by atoms with Gasteiger partial charge in [0.1, 0.15) is 11.6 Å². The molecule has 2 saturated heterocycles. The Hall–Kier alpha value is -2.67. The van der Waals surface area contributed by atoms with Crippen molar-refractivity contribution in [1.29, 1.82) is 0 Å². The summed E-state index contributed by atoms with van der Waals surface area (Å²) < 4.78 is 6.62. The van der Waals surface area contributed by atoms with Gasteiger partial charge in [0.25, 0.3) is 0 Å². The number of hydrogen-bond acceptors (Lipinski definition) is 4. The Labute approximate surface area is 244 Å². The maximum absolute atomic E-state index is 14.5. The van der Waals surface area contributed by atoms with Gasteiger partial charge in [-0.2, -0.15) is 0 Å². The summed E-state index contributed by atoms with van der Waals surface area (Å²) in [6.45, 7) is 8.56. The minimum atomic E-state index is -1.11. The number of hydrogen-bond donors (Lipinski definition) is 2. The molecule has 1 aromatic rings. The number of aryl methyl sites for hydroxylation is 2. The molecule has 3 heterocycles. The number of anilines is 1. The monoisotopic (exact) mass is 561 g/mol. The Kier molecular flexibility index (Phi) is 7.77. The van der Waals surface area contributed by atoms with Gasteiger partial charge in [0.05, 0.1) is 17.9 Å². The largest absolute Gasteiger partial charge is 0.359 e. The number of nitrogens with zero attached hydrogens (tertiary/aromatic N) is 1. The minimum absolute atomic E-state index is 0.0132. The van der Waals surface area contributed by atoms with E-state index in [9.17, 15) is 14.4 Å². The smallest absolute Gasteiger partial charge is 0.246 e. The first-order valence-electron chi connectivity index (χ1n) is 16.1. The van der Waals surface area contributed by atoms with Crippen LogP contribution in [0.3, 0.4) is 0 Å². The van der Waals surface area contributed by atoms with Gasteiger partial charge in [-0.15, -0.1) is 0 Å². The van der Waals surface area contributed by atoms with Crippen molar-refractivity contribution in [3.05, 3.63) is 41.5 Å². The molecule has 7 nitrogen and oxygen atoms in total. The van der Waals surface area contributed by atoms with Crippen LogP contribution in [0.4, 0.5) is 5.69 Å². The maximum Gasteiger partial charge on any atom is 0.246 e. The SMILES string of the molecule is Cc1ccc(NC(=O)[C@@H]2[C@@H]3C=C[C@]4(O3)[C@@H]2C(=O)N(C2CCCCCCC2)[C@H]4C(=O)N[C@@H]2CCC[C@H](C)[C@@H]2C)cc1C. The van der Waals surface area contributed by atoms with Crippen molar-refractivity contribution in [2.24, 2.45) is 23.7 Å². The van der Waals surface area contributed by atoms with Crippen LogP contribution in [-0.2, 0) is 19.1 Å². The zero-order valence-electron chi connectivity index (χ0n) is 25.2. The van der Waals surface area contributed by atoms with Crippen LogP contribution in [0.5, 0.6) is 0 Å². The zero-order valence-corrected chi connectivity index (χ0v) is 25.2. The Bertz CT molecular complexity index is 1220. The number of ether oxygens (including phenoxy) is 1. The van der Waals surface area contributed by atoms with Crippen molar-refractivity contribution < 1.29 is 19.1 Å². The van der Waals surface area contributed by atoms with E-state index in [1.165, 1.54) is 12.8 Å². The Morgan fingerprint density at radius 2 is 1.66 bits per heavy atom. The van der Waals surface area contributed by atoms with Gasteiger partial charge >= 0.3 is 0 Å². The van der Waals surface area contributed by atoms with E-state index in [1.807, 2.05) is 49.1 Å². The van der Waals surface area contributed by atoms with E-state index in [-0.39, 0.29) is 29.8 Å². The summed E-state index contributed by atoms with van der Waals surface area (Å²) >= 11 is 0. The number of likely N-dealkylation sites (tertiary alicyclic amines) is 1. The molecular formula is C34H47N3O4. The molecule has 0 aromatic heterocycles. The molecule has 1 spiro atoms. The summed E-state index contributed by atoms with van der Waals surface area (Å²) in [4.78, 5) is 44.6. The molecule has 5 aliphatic rings. The fourth-order valence-electron chi connectivity index (χ4n) is 8.40. The lowest BCUT2D eigenvalue weighted by molar-refractivity contribution is -0.144. The Balaban J connectivity index is 1.32. The summed E-state index contributed by atoms with van der Waals surface area (Å²) in [5.41, 5.74) is 1.86. The standard InChI is InChI=1S/C34H47N3O4/c1-20-15-16-24(19-22(20)3)35-31(38)28-27-17-18-34(41-27)29(28)33(40)37(25-12-8-6-5-7-9-13-25)30(34)32(39)36-26-14-10-11-21(2)23(26)4/h15-19,21,23,25-30H,5-14H2,1-4H3,(H,35,38)(H,36,39)/t21-,23-,26+,27-,28+,29-,30-,34-/m0/s1. The lowest BCUT2D eigenvalue weighted by Gasteiger charge is -2.40. The van der Waals surface area contributed by atoms with E-state index in [0.29, 0.717) is 11.8 Å². The average molecular weight is 562 g/mol. The van der Waals surface area contributed by atoms with Crippen molar-refractivity contribution in [1.82, 2.24) is 10.2 Å². The van der Waals surface area contributed by atoms with E-state index in [4.69, 9.17) is 4.74 Å².